The van der Waals surface area contributed by atoms with Gasteiger partial charge in [-0.3, -0.25) is 4.79 Å². The molecule has 3 rings (SSSR count). The van der Waals surface area contributed by atoms with E-state index < -0.39 is 6.10 Å². The van der Waals surface area contributed by atoms with E-state index in [1.807, 2.05) is 12.1 Å². The Balaban J connectivity index is 1.97. The first kappa shape index (κ1) is 15.1. The molecule has 1 aromatic carbocycles. The zero-order valence-electron chi connectivity index (χ0n) is 11.6. The first-order valence-corrected chi connectivity index (χ1v) is 7.73. The van der Waals surface area contributed by atoms with Gasteiger partial charge in [0, 0.05) is 18.0 Å². The molecule has 5 atom stereocenters. The van der Waals surface area contributed by atoms with Gasteiger partial charge in [-0.15, -0.1) is 0 Å². The number of halogens is 2. The monoisotopic (exact) mass is 329 g/mol. The number of carbonyl (C=O) groups is 1. The van der Waals surface area contributed by atoms with Crippen molar-refractivity contribution in [1.29, 1.82) is 0 Å². The van der Waals surface area contributed by atoms with Crippen LogP contribution in [-0.4, -0.2) is 36.4 Å². The third-order valence-corrected chi connectivity index (χ3v) is 5.35. The molecule has 21 heavy (non-hydrogen) atoms. The molecule has 5 unspecified atom stereocenters. The molecule has 0 aliphatic carbocycles. The van der Waals surface area contributed by atoms with Gasteiger partial charge in [0.25, 0.3) is 0 Å². The Morgan fingerprint density at radius 1 is 1.29 bits per heavy atom. The molecule has 1 aromatic rings. The summed E-state index contributed by atoms with van der Waals surface area (Å²) in [5.41, 5.74) is 0.963. The number of methoxy groups -OCH3 is 1. The number of nitrogens with one attached hydrogen (secondary N) is 1. The summed E-state index contributed by atoms with van der Waals surface area (Å²) in [7, 11) is 1.39. The predicted molar refractivity (Wildman–Crippen MR) is 80.7 cm³/mol. The lowest BCUT2D eigenvalue weighted by molar-refractivity contribution is -0.148. The smallest absolute Gasteiger partial charge is 0.310 e. The van der Waals surface area contributed by atoms with Crippen LogP contribution in [0.3, 0.4) is 0 Å². The summed E-state index contributed by atoms with van der Waals surface area (Å²) in [5, 5.41) is 14.4. The van der Waals surface area contributed by atoms with E-state index in [1.54, 1.807) is 6.07 Å². The Morgan fingerprint density at radius 2 is 2.05 bits per heavy atom. The number of hydrogen-bond acceptors (Lipinski definition) is 4. The van der Waals surface area contributed by atoms with Gasteiger partial charge in [0.1, 0.15) is 0 Å². The van der Waals surface area contributed by atoms with Gasteiger partial charge >= 0.3 is 5.97 Å². The van der Waals surface area contributed by atoms with E-state index in [0.717, 1.165) is 5.56 Å². The van der Waals surface area contributed by atoms with Crippen molar-refractivity contribution in [2.75, 3.05) is 7.11 Å². The minimum absolute atomic E-state index is 0.00959. The fourth-order valence-corrected chi connectivity index (χ4v) is 3.91. The van der Waals surface area contributed by atoms with Crippen molar-refractivity contribution in [3.8, 4) is 0 Å². The van der Waals surface area contributed by atoms with E-state index >= 15 is 0 Å². The maximum absolute atomic E-state index is 12.2. The summed E-state index contributed by atoms with van der Waals surface area (Å²) in [4.78, 5) is 12.2. The number of ether oxygens (including phenoxy) is 1. The highest BCUT2D eigenvalue weighted by atomic mass is 35.5. The minimum atomic E-state index is -0.421. The van der Waals surface area contributed by atoms with Gasteiger partial charge in [-0.25, -0.2) is 0 Å². The molecule has 4 nitrogen and oxygen atoms in total. The van der Waals surface area contributed by atoms with Crippen molar-refractivity contribution in [3.05, 3.63) is 33.8 Å². The normalized spacial score (nSPS) is 34.8. The molecule has 0 aromatic heterocycles. The molecule has 2 saturated heterocycles. The Hall–Kier alpha value is -0.810. The van der Waals surface area contributed by atoms with E-state index in [1.165, 1.54) is 7.11 Å². The minimum Gasteiger partial charge on any atom is -0.469 e. The van der Waals surface area contributed by atoms with Crippen LogP contribution < -0.4 is 5.32 Å². The van der Waals surface area contributed by atoms with Gasteiger partial charge in [0.05, 0.1) is 29.2 Å². The number of benzene rings is 1. The molecule has 0 radical (unpaired) electrons. The molecule has 114 valence electrons. The van der Waals surface area contributed by atoms with Crippen molar-refractivity contribution < 1.29 is 14.6 Å². The zero-order chi connectivity index (χ0) is 15.1. The lowest BCUT2D eigenvalue weighted by Crippen LogP contribution is -2.49. The van der Waals surface area contributed by atoms with Crippen molar-refractivity contribution in [3.63, 3.8) is 0 Å². The van der Waals surface area contributed by atoms with Crippen LogP contribution in [0.4, 0.5) is 0 Å². The molecule has 0 saturated carbocycles. The van der Waals surface area contributed by atoms with Gasteiger partial charge in [0.2, 0.25) is 0 Å². The molecule has 2 heterocycles. The number of rotatable bonds is 2. The van der Waals surface area contributed by atoms with Crippen molar-refractivity contribution in [1.82, 2.24) is 5.32 Å². The maximum Gasteiger partial charge on any atom is 0.310 e. The standard InChI is InChI=1S/C15H17Cl2NO3/c1-21-15(20)14-8(5-11-13(19)6-12(14)18-11)7-2-3-9(16)10(17)4-7/h2-4,8,11-14,18-19H,5-6H2,1H3. The van der Waals surface area contributed by atoms with E-state index in [2.05, 4.69) is 5.32 Å². The van der Waals surface area contributed by atoms with Gasteiger partial charge in [-0.2, -0.15) is 0 Å². The zero-order valence-corrected chi connectivity index (χ0v) is 13.1. The fraction of sp³-hybridized carbons (Fsp3) is 0.533. The van der Waals surface area contributed by atoms with Crippen LogP contribution in [0.1, 0.15) is 24.3 Å². The van der Waals surface area contributed by atoms with Crippen LogP contribution >= 0.6 is 23.2 Å². The van der Waals surface area contributed by atoms with Crippen LogP contribution in [0.2, 0.25) is 10.0 Å². The lowest BCUT2D eigenvalue weighted by atomic mass is 9.77. The molecule has 2 aliphatic heterocycles. The third kappa shape index (κ3) is 2.66. The number of aliphatic hydroxyl groups excluding tert-OH is 1. The Bertz CT molecular complexity index is 564. The van der Waals surface area contributed by atoms with Gasteiger partial charge in [0.15, 0.2) is 0 Å². The summed E-state index contributed by atoms with van der Waals surface area (Å²) in [5.74, 6) is -0.600. The fourth-order valence-electron chi connectivity index (χ4n) is 3.61. The number of piperidine rings is 1. The molecule has 2 bridgehead atoms. The van der Waals surface area contributed by atoms with Gasteiger partial charge in [-0.05, 0) is 30.5 Å². The molecular weight excluding hydrogens is 313 g/mol. The summed E-state index contributed by atoms with van der Waals surface area (Å²) >= 11 is 12.1. The summed E-state index contributed by atoms with van der Waals surface area (Å²) in [6.07, 6.45) is 0.826. The summed E-state index contributed by atoms with van der Waals surface area (Å²) in [6.45, 7) is 0. The number of esters is 1. The Labute approximate surface area is 133 Å². The number of hydrogen-bond donors (Lipinski definition) is 2. The second-order valence-corrected chi connectivity index (χ2v) is 6.56. The highest BCUT2D eigenvalue weighted by Gasteiger charge is 2.49. The largest absolute Gasteiger partial charge is 0.469 e. The van der Waals surface area contributed by atoms with Crippen molar-refractivity contribution >= 4 is 29.2 Å². The first-order valence-electron chi connectivity index (χ1n) is 6.98. The quantitative estimate of drug-likeness (QED) is 0.818. The number of fused-ring (bicyclic) bond motifs is 2. The molecule has 6 heteroatoms. The van der Waals surface area contributed by atoms with E-state index in [4.69, 9.17) is 27.9 Å². The lowest BCUT2D eigenvalue weighted by Gasteiger charge is -2.36. The highest BCUT2D eigenvalue weighted by molar-refractivity contribution is 6.42. The Morgan fingerprint density at radius 3 is 2.71 bits per heavy atom. The maximum atomic E-state index is 12.2. The highest BCUT2D eigenvalue weighted by Crippen LogP contribution is 2.43. The van der Waals surface area contributed by atoms with Crippen molar-refractivity contribution in [2.45, 2.75) is 36.9 Å². The van der Waals surface area contributed by atoms with E-state index in [9.17, 15) is 9.90 Å². The topological polar surface area (TPSA) is 58.6 Å². The van der Waals surface area contributed by atoms with Gasteiger partial charge in [-0.1, -0.05) is 29.3 Å². The molecule has 2 fully saturated rings. The van der Waals surface area contributed by atoms with E-state index in [-0.39, 0.29) is 29.9 Å². The van der Waals surface area contributed by atoms with Crippen LogP contribution in [0.15, 0.2) is 18.2 Å². The molecule has 0 amide bonds. The SMILES string of the molecule is COC(=O)C1C2CC(O)C(CC1c1ccc(Cl)c(Cl)c1)N2. The Kier molecular flexibility index (Phi) is 4.14. The molecule has 0 spiro atoms. The second kappa shape index (κ2) is 5.76. The third-order valence-electron chi connectivity index (χ3n) is 4.61. The van der Waals surface area contributed by atoms with Crippen LogP contribution in [0, 0.1) is 5.92 Å². The van der Waals surface area contributed by atoms with Crippen LogP contribution in [-0.2, 0) is 9.53 Å². The molecule has 2 aliphatic rings. The summed E-state index contributed by atoms with van der Waals surface area (Å²) < 4.78 is 4.96. The number of aliphatic hydroxyl groups is 1. The average Bonchev–Trinajstić information content (AvgIpc) is 2.76. The van der Waals surface area contributed by atoms with Gasteiger partial charge < -0.3 is 15.2 Å². The number of carbonyl (C=O) groups excluding carboxylic acids is 1. The second-order valence-electron chi connectivity index (χ2n) is 5.75. The summed E-state index contributed by atoms with van der Waals surface area (Å²) in [6, 6.07) is 5.39. The molecule has 2 N–H and O–H groups in total. The molecular formula is C15H17Cl2NO3. The van der Waals surface area contributed by atoms with Crippen molar-refractivity contribution in [2.24, 2.45) is 5.92 Å². The first-order chi connectivity index (χ1) is 10.0. The van der Waals surface area contributed by atoms with Crippen LogP contribution in [0.5, 0.6) is 0 Å². The van der Waals surface area contributed by atoms with E-state index in [0.29, 0.717) is 22.9 Å². The average molecular weight is 330 g/mol. The van der Waals surface area contributed by atoms with Crippen LogP contribution in [0.25, 0.3) is 0 Å². The predicted octanol–water partition coefficient (Wildman–Crippen LogP) is 2.36.